The lowest BCUT2D eigenvalue weighted by molar-refractivity contribution is -0.206. The first-order valence-corrected chi connectivity index (χ1v) is 16.3. The number of benzene rings is 3. The van der Waals surface area contributed by atoms with E-state index in [2.05, 4.69) is 5.32 Å². The summed E-state index contributed by atoms with van der Waals surface area (Å²) in [4.78, 5) is 53.5. The van der Waals surface area contributed by atoms with Crippen molar-refractivity contribution in [2.45, 2.75) is 43.7 Å². The maximum Gasteiger partial charge on any atom is 0.334 e. The molecule has 3 aromatic carbocycles. The Bertz CT molecular complexity index is 1620. The first-order chi connectivity index (χ1) is 21.8. The number of ether oxygens (including phenoxy) is 3. The summed E-state index contributed by atoms with van der Waals surface area (Å²) in [6, 6.07) is 28.0. The summed E-state index contributed by atoms with van der Waals surface area (Å²) in [5.74, 6) is -1.84. The summed E-state index contributed by atoms with van der Waals surface area (Å²) in [5, 5.41) is 4.64. The average molecular weight is 645 g/mol. The lowest BCUT2D eigenvalue weighted by Gasteiger charge is -2.55. The summed E-state index contributed by atoms with van der Waals surface area (Å²) in [5.41, 5.74) is 2.18. The third-order valence-corrected chi connectivity index (χ3v) is 9.16. The molecule has 5 rings (SSSR count). The highest BCUT2D eigenvalue weighted by atomic mass is 32.2. The number of carbonyl (C=O) groups excluding carboxylic acids is 4. The zero-order valence-electron chi connectivity index (χ0n) is 24.7. The number of hydrogen-bond acceptors (Lipinski definition) is 9. The Hall–Kier alpha value is -4.61. The Morgan fingerprint density at radius 2 is 1.56 bits per heavy atom. The summed E-state index contributed by atoms with van der Waals surface area (Å²) in [7, 11) is 0. The molecule has 11 heteroatoms. The van der Waals surface area contributed by atoms with E-state index in [4.69, 9.17) is 14.2 Å². The molecule has 1 N–H and O–H groups in total. The van der Waals surface area contributed by atoms with E-state index in [0.717, 1.165) is 32.7 Å². The van der Waals surface area contributed by atoms with Gasteiger partial charge >= 0.3 is 11.9 Å². The third kappa shape index (κ3) is 7.38. The topological polar surface area (TPSA) is 111 Å². The van der Waals surface area contributed by atoms with Gasteiger partial charge in [-0.25, -0.2) is 4.79 Å². The van der Waals surface area contributed by atoms with Gasteiger partial charge in [0.15, 0.2) is 6.04 Å². The molecule has 2 heterocycles. The van der Waals surface area contributed by atoms with Crippen LogP contribution in [0.1, 0.15) is 34.5 Å². The normalized spacial score (nSPS) is 18.0. The first kappa shape index (κ1) is 31.8. The van der Waals surface area contributed by atoms with E-state index in [1.807, 2.05) is 78.2 Å². The zero-order valence-corrected chi connectivity index (χ0v) is 26.3. The number of thiophene rings is 1. The standard InChI is InChI=1S/C34H32N2O7S2/c1-23(37)43-33-34(44-2,35-29(38)20-28-14-9-19-45-28)32(40)36(33)30(31(39)42-22-25-12-7-4-8-13-25)26-15-17-27(18-16-26)41-21-24-10-5-3-6-11-24/h3-19,30,33H,20-22H2,1-2H3,(H,35,38)/t30?,33-,34-/m0/s1. The Kier molecular flexibility index (Phi) is 10.2. The van der Waals surface area contributed by atoms with Crippen LogP contribution in [0.15, 0.2) is 102 Å². The van der Waals surface area contributed by atoms with E-state index >= 15 is 0 Å². The van der Waals surface area contributed by atoms with Gasteiger partial charge in [-0.2, -0.15) is 0 Å². The molecule has 1 saturated heterocycles. The molecular formula is C34H32N2O7S2. The molecule has 45 heavy (non-hydrogen) atoms. The van der Waals surface area contributed by atoms with Gasteiger partial charge in [0, 0.05) is 11.8 Å². The molecule has 9 nitrogen and oxygen atoms in total. The number of β-lactam (4-membered cyclic amide) rings is 1. The quantitative estimate of drug-likeness (QED) is 0.119. The van der Waals surface area contributed by atoms with Gasteiger partial charge < -0.3 is 19.5 Å². The third-order valence-electron chi connectivity index (χ3n) is 7.16. The van der Waals surface area contributed by atoms with Crippen LogP contribution in [0.5, 0.6) is 5.75 Å². The lowest BCUT2D eigenvalue weighted by Crippen LogP contribution is -2.80. The molecule has 1 fully saturated rings. The predicted octanol–water partition coefficient (Wildman–Crippen LogP) is 5.26. The van der Waals surface area contributed by atoms with Crippen molar-refractivity contribution < 1.29 is 33.4 Å². The Balaban J connectivity index is 1.42. The molecule has 0 aliphatic carbocycles. The molecule has 1 aliphatic heterocycles. The molecule has 0 spiro atoms. The van der Waals surface area contributed by atoms with Crippen molar-refractivity contribution in [1.29, 1.82) is 0 Å². The van der Waals surface area contributed by atoms with Crippen molar-refractivity contribution >= 4 is 46.9 Å². The highest BCUT2D eigenvalue weighted by Gasteiger charge is 2.67. The van der Waals surface area contributed by atoms with Gasteiger partial charge in [-0.3, -0.25) is 19.3 Å². The van der Waals surface area contributed by atoms with E-state index in [-0.39, 0.29) is 13.0 Å². The van der Waals surface area contributed by atoms with Gasteiger partial charge in [0.1, 0.15) is 19.0 Å². The van der Waals surface area contributed by atoms with Crippen molar-refractivity contribution in [2.75, 3.05) is 6.26 Å². The van der Waals surface area contributed by atoms with Gasteiger partial charge in [-0.1, -0.05) is 78.9 Å². The van der Waals surface area contributed by atoms with E-state index in [1.54, 1.807) is 30.5 Å². The number of carbonyl (C=O) groups is 4. The smallest absolute Gasteiger partial charge is 0.334 e. The average Bonchev–Trinajstić information content (AvgIpc) is 3.57. The first-order valence-electron chi connectivity index (χ1n) is 14.2. The zero-order chi connectivity index (χ0) is 31.8. The van der Waals surface area contributed by atoms with E-state index in [9.17, 15) is 19.2 Å². The maximum atomic E-state index is 14.0. The number of hydrogen-bond donors (Lipinski definition) is 1. The number of nitrogens with zero attached hydrogens (tertiary/aromatic N) is 1. The van der Waals surface area contributed by atoms with Crippen molar-refractivity contribution in [1.82, 2.24) is 10.2 Å². The minimum atomic E-state index is -1.63. The predicted molar refractivity (Wildman–Crippen MR) is 171 cm³/mol. The molecular weight excluding hydrogens is 613 g/mol. The number of esters is 2. The van der Waals surface area contributed by atoms with Gasteiger partial charge in [0.05, 0.1) is 6.42 Å². The minimum Gasteiger partial charge on any atom is -0.489 e. The number of amides is 2. The Morgan fingerprint density at radius 1 is 0.911 bits per heavy atom. The second-order valence-corrected chi connectivity index (χ2v) is 12.3. The number of thioether (sulfide) groups is 1. The second kappa shape index (κ2) is 14.4. The van der Waals surface area contributed by atoms with Gasteiger partial charge in [-0.15, -0.1) is 23.1 Å². The van der Waals surface area contributed by atoms with Crippen LogP contribution in [0.25, 0.3) is 0 Å². The van der Waals surface area contributed by atoms with Crippen LogP contribution < -0.4 is 10.1 Å². The Morgan fingerprint density at radius 3 is 2.13 bits per heavy atom. The number of rotatable bonds is 13. The molecule has 1 unspecified atom stereocenters. The van der Waals surface area contributed by atoms with Crippen LogP contribution in [-0.2, 0) is 48.3 Å². The summed E-state index contributed by atoms with van der Waals surface area (Å²) < 4.78 is 17.2. The highest BCUT2D eigenvalue weighted by Crippen LogP contribution is 2.46. The van der Waals surface area contributed by atoms with E-state index in [0.29, 0.717) is 17.9 Å². The molecule has 0 radical (unpaired) electrons. The van der Waals surface area contributed by atoms with E-state index in [1.165, 1.54) is 18.3 Å². The Labute approximate surface area is 269 Å². The number of nitrogens with one attached hydrogen (secondary N) is 1. The van der Waals surface area contributed by atoms with Crippen LogP contribution >= 0.6 is 23.1 Å². The maximum absolute atomic E-state index is 14.0. The van der Waals surface area contributed by atoms with Crippen molar-refractivity contribution in [2.24, 2.45) is 0 Å². The molecule has 4 aromatic rings. The fourth-order valence-electron chi connectivity index (χ4n) is 4.97. The van der Waals surface area contributed by atoms with E-state index < -0.39 is 40.9 Å². The van der Waals surface area contributed by atoms with Crippen molar-refractivity contribution in [3.8, 4) is 5.75 Å². The number of likely N-dealkylation sites (tertiary alicyclic amines) is 1. The summed E-state index contributed by atoms with van der Waals surface area (Å²) >= 11 is 2.45. The lowest BCUT2D eigenvalue weighted by atomic mass is 9.95. The summed E-state index contributed by atoms with van der Waals surface area (Å²) in [6.45, 7) is 1.53. The van der Waals surface area contributed by atoms with Crippen LogP contribution in [-0.4, -0.2) is 46.0 Å². The largest absolute Gasteiger partial charge is 0.489 e. The van der Waals surface area contributed by atoms with Crippen LogP contribution in [0.2, 0.25) is 0 Å². The SMILES string of the molecule is CS[C@@]1(NC(=O)Cc2cccs2)C(=O)N(C(C(=O)OCc2ccccc2)c2ccc(OCc3ccccc3)cc2)[C@H]1OC(C)=O. The fourth-order valence-corrected chi connectivity index (χ4v) is 6.53. The molecule has 1 aliphatic rings. The van der Waals surface area contributed by atoms with Gasteiger partial charge in [0.25, 0.3) is 5.91 Å². The molecule has 2 amide bonds. The molecule has 0 bridgehead atoms. The van der Waals surface area contributed by atoms with Crippen LogP contribution in [0, 0.1) is 0 Å². The molecule has 3 atom stereocenters. The van der Waals surface area contributed by atoms with Crippen LogP contribution in [0.4, 0.5) is 0 Å². The monoisotopic (exact) mass is 644 g/mol. The molecule has 232 valence electrons. The minimum absolute atomic E-state index is 0.0279. The van der Waals surface area contributed by atoms with Crippen molar-refractivity contribution in [3.63, 3.8) is 0 Å². The van der Waals surface area contributed by atoms with Crippen LogP contribution in [0.3, 0.4) is 0 Å². The van der Waals surface area contributed by atoms with Gasteiger partial charge in [-0.05, 0) is 46.5 Å². The van der Waals surface area contributed by atoms with Crippen molar-refractivity contribution in [3.05, 3.63) is 124 Å². The highest BCUT2D eigenvalue weighted by molar-refractivity contribution is 8.00. The summed E-state index contributed by atoms with van der Waals surface area (Å²) in [6.07, 6.45) is 0.402. The second-order valence-electron chi connectivity index (χ2n) is 10.3. The molecule has 1 aromatic heterocycles. The molecule has 0 saturated carbocycles. The van der Waals surface area contributed by atoms with Gasteiger partial charge in [0.2, 0.25) is 17.0 Å². The fraction of sp³-hybridized carbons (Fsp3) is 0.235.